The number of carbonyl (C=O) groups is 1. The second-order valence-electron chi connectivity index (χ2n) is 5.38. The largest absolute Gasteiger partial charge is 0.393 e. The van der Waals surface area contributed by atoms with Crippen molar-refractivity contribution in [2.24, 2.45) is 17.6 Å². The molecule has 0 aromatic carbocycles. The minimum Gasteiger partial charge on any atom is -0.393 e. The zero-order valence-corrected chi connectivity index (χ0v) is 11.7. The normalized spacial score (nSPS) is 45.7. The number of hydrogen-bond acceptors (Lipinski definition) is 3. The lowest BCUT2D eigenvalue weighted by atomic mass is 9.72. The molecule has 4 nitrogen and oxygen atoms in total. The first-order chi connectivity index (χ1) is 8.50. The highest BCUT2D eigenvalue weighted by molar-refractivity contribution is 6.30. The summed E-state index contributed by atoms with van der Waals surface area (Å²) in [5.41, 5.74) is 5.33. The van der Waals surface area contributed by atoms with Gasteiger partial charge in [0.2, 0.25) is 5.91 Å². The summed E-state index contributed by atoms with van der Waals surface area (Å²) >= 11 is 12.6. The number of primary amides is 1. The van der Waals surface area contributed by atoms with Gasteiger partial charge in [0.05, 0.1) is 22.9 Å². The number of nitrogens with two attached hydrogens (primary N) is 1. The summed E-state index contributed by atoms with van der Waals surface area (Å²) in [4.78, 5) is 11.2. The molecule has 1 saturated heterocycles. The topological polar surface area (TPSA) is 75.4 Å². The van der Waals surface area contributed by atoms with Gasteiger partial charge < -0.3 is 16.2 Å². The number of hydrogen-bond donors (Lipinski definition) is 3. The quantitative estimate of drug-likeness (QED) is 0.660. The van der Waals surface area contributed by atoms with E-state index in [1.165, 1.54) is 0 Å². The first-order valence-electron chi connectivity index (χ1n) is 6.49. The molecule has 104 valence electrons. The molecule has 2 fully saturated rings. The molecule has 4 unspecified atom stereocenters. The van der Waals surface area contributed by atoms with Gasteiger partial charge >= 0.3 is 0 Å². The van der Waals surface area contributed by atoms with Gasteiger partial charge in [-0.25, -0.2) is 0 Å². The van der Waals surface area contributed by atoms with Crippen LogP contribution in [0.25, 0.3) is 0 Å². The summed E-state index contributed by atoms with van der Waals surface area (Å²) in [6.07, 6.45) is 2.56. The summed E-state index contributed by atoms with van der Waals surface area (Å²) in [6.45, 7) is 0.734. The Morgan fingerprint density at radius 2 is 2.00 bits per heavy atom. The van der Waals surface area contributed by atoms with Crippen molar-refractivity contribution in [2.75, 3.05) is 6.54 Å². The summed E-state index contributed by atoms with van der Waals surface area (Å²) in [5.74, 6) is -0.159. The average molecular weight is 295 g/mol. The van der Waals surface area contributed by atoms with Gasteiger partial charge in [-0.05, 0) is 38.1 Å². The predicted molar refractivity (Wildman–Crippen MR) is 71.7 cm³/mol. The van der Waals surface area contributed by atoms with E-state index in [4.69, 9.17) is 28.9 Å². The second-order valence-corrected chi connectivity index (χ2v) is 6.44. The van der Waals surface area contributed by atoms with Crippen LogP contribution in [0, 0.1) is 11.8 Å². The van der Waals surface area contributed by atoms with E-state index in [2.05, 4.69) is 5.32 Å². The van der Waals surface area contributed by atoms with Crippen molar-refractivity contribution in [3.63, 3.8) is 0 Å². The van der Waals surface area contributed by atoms with E-state index in [0.29, 0.717) is 12.8 Å². The predicted octanol–water partition coefficient (Wildman–Crippen LogP) is 0.826. The molecule has 1 amide bonds. The third kappa shape index (κ3) is 2.93. The minimum atomic E-state index is -0.417. The fourth-order valence-corrected chi connectivity index (χ4v) is 4.02. The molecule has 1 aliphatic carbocycles. The molecule has 18 heavy (non-hydrogen) atoms. The number of carbonyl (C=O) groups excluding carboxylic acids is 1. The zero-order chi connectivity index (χ0) is 13.3. The lowest BCUT2D eigenvalue weighted by molar-refractivity contribution is -0.121. The molecular formula is C12H20Cl2N2O2. The molecule has 1 saturated carbocycles. The Morgan fingerprint density at radius 1 is 1.28 bits per heavy atom. The third-order valence-electron chi connectivity index (χ3n) is 4.23. The molecule has 0 radical (unpaired) electrons. The Labute approximate surface area is 117 Å². The molecule has 6 heteroatoms. The van der Waals surface area contributed by atoms with E-state index >= 15 is 0 Å². The van der Waals surface area contributed by atoms with Crippen LogP contribution in [0.15, 0.2) is 0 Å². The van der Waals surface area contributed by atoms with Crippen LogP contribution in [0.5, 0.6) is 0 Å². The zero-order valence-electron chi connectivity index (χ0n) is 10.2. The van der Waals surface area contributed by atoms with Crippen LogP contribution in [-0.2, 0) is 4.79 Å². The highest BCUT2D eigenvalue weighted by Gasteiger charge is 2.43. The lowest BCUT2D eigenvalue weighted by Gasteiger charge is -2.42. The van der Waals surface area contributed by atoms with Gasteiger partial charge in [0.1, 0.15) is 0 Å². The number of aliphatic hydroxyl groups is 1. The van der Waals surface area contributed by atoms with Crippen LogP contribution in [-0.4, -0.2) is 40.5 Å². The SMILES string of the molecule is NC(=O)[C@@H]1C[C@H](C2C(O)CCC(Cl)C2Cl)CCN1. The fraction of sp³-hybridized carbons (Fsp3) is 0.917. The van der Waals surface area contributed by atoms with Crippen molar-refractivity contribution in [3.8, 4) is 0 Å². The standard InChI is InChI=1S/C12H20Cl2N2O2/c13-7-1-2-9(17)10(11(7)14)6-3-4-16-8(5-6)12(15)18/h6-11,16-17H,1-5H2,(H2,15,18)/t6-,7?,8+,9?,10?,11?/m1/s1. The molecular weight excluding hydrogens is 275 g/mol. The second kappa shape index (κ2) is 5.95. The molecule has 6 atom stereocenters. The van der Waals surface area contributed by atoms with Crippen LogP contribution >= 0.6 is 23.2 Å². The minimum absolute atomic E-state index is 0.0353. The maximum absolute atomic E-state index is 11.2. The number of nitrogens with one attached hydrogen (secondary N) is 1. The van der Waals surface area contributed by atoms with Crippen LogP contribution in [0.3, 0.4) is 0 Å². The Morgan fingerprint density at radius 3 is 2.67 bits per heavy atom. The smallest absolute Gasteiger partial charge is 0.234 e. The Kier molecular flexibility index (Phi) is 4.75. The Hall–Kier alpha value is -0.0300. The molecule has 4 N–H and O–H groups in total. The van der Waals surface area contributed by atoms with Gasteiger partial charge in [-0.15, -0.1) is 23.2 Å². The highest BCUT2D eigenvalue weighted by atomic mass is 35.5. The van der Waals surface area contributed by atoms with E-state index < -0.39 is 6.10 Å². The van der Waals surface area contributed by atoms with Gasteiger partial charge in [0, 0.05) is 5.92 Å². The number of piperidine rings is 1. The molecule has 0 aromatic heterocycles. The van der Waals surface area contributed by atoms with E-state index in [1.54, 1.807) is 0 Å². The number of alkyl halides is 2. The maximum Gasteiger partial charge on any atom is 0.234 e. The number of rotatable bonds is 2. The Bertz CT molecular complexity index is 316. The maximum atomic E-state index is 11.2. The first-order valence-corrected chi connectivity index (χ1v) is 7.37. The first kappa shape index (κ1) is 14.4. The number of amides is 1. The van der Waals surface area contributed by atoms with Gasteiger partial charge in [-0.2, -0.15) is 0 Å². The van der Waals surface area contributed by atoms with E-state index in [9.17, 15) is 9.90 Å². The summed E-state index contributed by atoms with van der Waals surface area (Å²) in [6, 6.07) is -0.310. The van der Waals surface area contributed by atoms with Crippen LogP contribution in [0.2, 0.25) is 0 Å². The van der Waals surface area contributed by atoms with Crippen molar-refractivity contribution in [3.05, 3.63) is 0 Å². The molecule has 0 bridgehead atoms. The summed E-state index contributed by atoms with van der Waals surface area (Å²) < 4.78 is 0. The molecule has 2 aliphatic rings. The van der Waals surface area contributed by atoms with Crippen molar-refractivity contribution in [1.29, 1.82) is 0 Å². The Balaban J connectivity index is 2.06. The molecule has 0 aromatic rings. The van der Waals surface area contributed by atoms with Crippen molar-refractivity contribution >= 4 is 29.1 Å². The summed E-state index contributed by atoms with van der Waals surface area (Å²) in [7, 11) is 0. The fourth-order valence-electron chi connectivity index (χ4n) is 3.22. The average Bonchev–Trinajstić information content (AvgIpc) is 2.35. The lowest BCUT2D eigenvalue weighted by Crippen LogP contribution is -2.52. The van der Waals surface area contributed by atoms with Crippen molar-refractivity contribution in [2.45, 2.75) is 48.6 Å². The van der Waals surface area contributed by atoms with Gasteiger partial charge in [-0.1, -0.05) is 0 Å². The molecule has 1 heterocycles. The summed E-state index contributed by atoms with van der Waals surface area (Å²) in [5, 5.41) is 12.9. The van der Waals surface area contributed by atoms with Crippen LogP contribution in [0.1, 0.15) is 25.7 Å². The van der Waals surface area contributed by atoms with Gasteiger partial charge in [0.25, 0.3) is 0 Å². The van der Waals surface area contributed by atoms with Crippen LogP contribution in [0.4, 0.5) is 0 Å². The van der Waals surface area contributed by atoms with Crippen molar-refractivity contribution in [1.82, 2.24) is 5.32 Å². The molecule has 2 rings (SSSR count). The molecule has 1 aliphatic heterocycles. The van der Waals surface area contributed by atoms with Crippen molar-refractivity contribution < 1.29 is 9.90 Å². The number of halogens is 2. The third-order valence-corrected chi connectivity index (χ3v) is 5.44. The van der Waals surface area contributed by atoms with Gasteiger partial charge in [0.15, 0.2) is 0 Å². The number of aliphatic hydroxyl groups excluding tert-OH is 1. The molecule has 0 spiro atoms. The van der Waals surface area contributed by atoms with E-state index in [0.717, 1.165) is 19.4 Å². The van der Waals surface area contributed by atoms with E-state index in [1.807, 2.05) is 0 Å². The van der Waals surface area contributed by atoms with Crippen LogP contribution < -0.4 is 11.1 Å². The van der Waals surface area contributed by atoms with E-state index in [-0.39, 0.29) is 34.5 Å². The highest BCUT2D eigenvalue weighted by Crippen LogP contribution is 2.40. The monoisotopic (exact) mass is 294 g/mol. The van der Waals surface area contributed by atoms with Gasteiger partial charge in [-0.3, -0.25) is 4.79 Å².